The Balaban J connectivity index is 3.32. The maximum Gasteiger partial charge on any atom is 0.0710 e. The molecule has 56 valence electrons. The zero-order valence-corrected chi connectivity index (χ0v) is 6.35. The molecule has 0 radical (unpaired) electrons. The molecule has 0 aromatic carbocycles. The Kier molecular flexibility index (Phi) is 4.67. The fourth-order valence-corrected chi connectivity index (χ4v) is 0.543. The van der Waals surface area contributed by atoms with Gasteiger partial charge in [0.05, 0.1) is 6.10 Å². The van der Waals surface area contributed by atoms with Crippen LogP contribution in [0.1, 0.15) is 20.8 Å². The molecule has 2 atom stereocenters. The van der Waals surface area contributed by atoms with E-state index < -0.39 is 0 Å². The van der Waals surface area contributed by atoms with Crippen LogP contribution < -0.4 is 11.3 Å². The van der Waals surface area contributed by atoms with Crippen LogP contribution in [-0.4, -0.2) is 18.8 Å². The first-order chi connectivity index (χ1) is 4.22. The fraction of sp³-hybridized carbons (Fsp3) is 1.00. The zero-order chi connectivity index (χ0) is 7.28. The molecule has 0 saturated heterocycles. The molecule has 3 nitrogen and oxygen atoms in total. The van der Waals surface area contributed by atoms with Gasteiger partial charge in [-0.1, -0.05) is 0 Å². The van der Waals surface area contributed by atoms with Gasteiger partial charge in [0.1, 0.15) is 0 Å². The summed E-state index contributed by atoms with van der Waals surface area (Å²) in [7, 11) is 0. The van der Waals surface area contributed by atoms with Gasteiger partial charge in [0.25, 0.3) is 0 Å². The van der Waals surface area contributed by atoms with E-state index in [1.54, 1.807) is 0 Å². The Morgan fingerprint density at radius 3 is 2.44 bits per heavy atom. The molecule has 0 rings (SSSR count). The first-order valence-corrected chi connectivity index (χ1v) is 3.30. The van der Waals surface area contributed by atoms with Crippen molar-refractivity contribution in [3.8, 4) is 0 Å². The van der Waals surface area contributed by atoms with Crippen LogP contribution in [0, 0.1) is 0 Å². The average molecular weight is 132 g/mol. The topological polar surface area (TPSA) is 47.3 Å². The number of rotatable bonds is 4. The van der Waals surface area contributed by atoms with E-state index in [9.17, 15) is 0 Å². The third-order valence-corrected chi connectivity index (χ3v) is 1.40. The second kappa shape index (κ2) is 4.73. The van der Waals surface area contributed by atoms with Gasteiger partial charge in [-0.25, -0.2) is 0 Å². The van der Waals surface area contributed by atoms with Crippen molar-refractivity contribution in [3.05, 3.63) is 0 Å². The van der Waals surface area contributed by atoms with Gasteiger partial charge in [0, 0.05) is 12.6 Å². The summed E-state index contributed by atoms with van der Waals surface area (Å²) < 4.78 is 5.25. The van der Waals surface area contributed by atoms with E-state index in [1.165, 1.54) is 0 Å². The second-order valence-corrected chi connectivity index (χ2v) is 2.12. The SMILES string of the molecule is CCOC(C)C(C)NN. The summed E-state index contributed by atoms with van der Waals surface area (Å²) in [6.45, 7) is 6.70. The molecule has 0 saturated carbocycles. The van der Waals surface area contributed by atoms with E-state index in [4.69, 9.17) is 10.6 Å². The number of hydrogen-bond donors (Lipinski definition) is 2. The Labute approximate surface area is 56.5 Å². The third kappa shape index (κ3) is 3.46. The highest BCUT2D eigenvalue weighted by molar-refractivity contribution is 4.63. The molecule has 0 heterocycles. The molecule has 0 aliphatic heterocycles. The standard InChI is InChI=1S/C6H16N2O/c1-4-9-6(3)5(2)8-7/h5-6,8H,4,7H2,1-3H3. The smallest absolute Gasteiger partial charge is 0.0710 e. The predicted octanol–water partition coefficient (Wildman–Crippen LogP) is 0.263. The van der Waals surface area contributed by atoms with Crippen LogP contribution >= 0.6 is 0 Å². The van der Waals surface area contributed by atoms with E-state index in [-0.39, 0.29) is 12.1 Å². The minimum Gasteiger partial charge on any atom is -0.377 e. The summed E-state index contributed by atoms with van der Waals surface area (Å²) in [5, 5.41) is 0. The Morgan fingerprint density at radius 2 is 2.11 bits per heavy atom. The van der Waals surface area contributed by atoms with Crippen molar-refractivity contribution in [2.45, 2.75) is 32.9 Å². The molecule has 0 aromatic rings. The highest BCUT2D eigenvalue weighted by Gasteiger charge is 2.08. The number of ether oxygens (including phenoxy) is 1. The molecular weight excluding hydrogens is 116 g/mol. The third-order valence-electron chi connectivity index (χ3n) is 1.40. The average Bonchev–Trinajstić information content (AvgIpc) is 1.87. The summed E-state index contributed by atoms with van der Waals surface area (Å²) >= 11 is 0. The van der Waals surface area contributed by atoms with Gasteiger partial charge in [-0.3, -0.25) is 11.3 Å². The molecule has 0 spiro atoms. The molecule has 0 amide bonds. The van der Waals surface area contributed by atoms with Crippen molar-refractivity contribution in [2.75, 3.05) is 6.61 Å². The van der Waals surface area contributed by atoms with E-state index in [0.29, 0.717) is 0 Å². The highest BCUT2D eigenvalue weighted by Crippen LogP contribution is 1.94. The summed E-state index contributed by atoms with van der Waals surface area (Å²) in [6, 6.07) is 0.227. The number of nitrogens with two attached hydrogens (primary N) is 1. The lowest BCUT2D eigenvalue weighted by Crippen LogP contribution is -2.41. The number of hydrazine groups is 1. The van der Waals surface area contributed by atoms with Gasteiger partial charge in [-0.2, -0.15) is 0 Å². The number of nitrogens with one attached hydrogen (secondary N) is 1. The van der Waals surface area contributed by atoms with E-state index in [2.05, 4.69) is 5.43 Å². The first kappa shape index (κ1) is 8.88. The van der Waals surface area contributed by atoms with Gasteiger partial charge >= 0.3 is 0 Å². The van der Waals surface area contributed by atoms with Gasteiger partial charge in [0.15, 0.2) is 0 Å². The normalized spacial score (nSPS) is 17.3. The van der Waals surface area contributed by atoms with Crippen LogP contribution in [0.4, 0.5) is 0 Å². The first-order valence-electron chi connectivity index (χ1n) is 3.30. The molecular formula is C6H16N2O. The van der Waals surface area contributed by atoms with Gasteiger partial charge in [0.2, 0.25) is 0 Å². The summed E-state index contributed by atoms with van der Waals surface area (Å²) in [5.41, 5.74) is 2.62. The predicted molar refractivity (Wildman–Crippen MR) is 37.9 cm³/mol. The van der Waals surface area contributed by atoms with Crippen LogP contribution in [0.2, 0.25) is 0 Å². The Bertz CT molecular complexity index is 68.1. The molecule has 3 N–H and O–H groups in total. The maximum atomic E-state index is 5.25. The Morgan fingerprint density at radius 1 is 1.56 bits per heavy atom. The van der Waals surface area contributed by atoms with Crippen LogP contribution in [0.25, 0.3) is 0 Å². The van der Waals surface area contributed by atoms with E-state index >= 15 is 0 Å². The van der Waals surface area contributed by atoms with Crippen LogP contribution in [0.15, 0.2) is 0 Å². The summed E-state index contributed by atoms with van der Waals surface area (Å²) in [4.78, 5) is 0. The molecule has 0 aliphatic rings. The van der Waals surface area contributed by atoms with E-state index in [1.807, 2.05) is 20.8 Å². The number of hydrogen-bond acceptors (Lipinski definition) is 3. The Hall–Kier alpha value is -0.120. The maximum absolute atomic E-state index is 5.25. The molecule has 0 aliphatic carbocycles. The molecule has 0 aromatic heterocycles. The molecule has 9 heavy (non-hydrogen) atoms. The van der Waals surface area contributed by atoms with Crippen molar-refractivity contribution in [1.82, 2.24) is 5.43 Å². The lowest BCUT2D eigenvalue weighted by molar-refractivity contribution is 0.0524. The lowest BCUT2D eigenvalue weighted by atomic mass is 10.2. The molecule has 2 unspecified atom stereocenters. The summed E-state index contributed by atoms with van der Waals surface area (Å²) in [6.07, 6.45) is 0.194. The van der Waals surface area contributed by atoms with Gasteiger partial charge in [-0.15, -0.1) is 0 Å². The molecule has 0 bridgehead atoms. The van der Waals surface area contributed by atoms with Crippen molar-refractivity contribution < 1.29 is 4.74 Å². The van der Waals surface area contributed by atoms with E-state index in [0.717, 1.165) is 6.61 Å². The minimum absolute atomic E-state index is 0.194. The highest BCUT2D eigenvalue weighted by atomic mass is 16.5. The minimum atomic E-state index is 0.194. The largest absolute Gasteiger partial charge is 0.377 e. The van der Waals surface area contributed by atoms with Crippen molar-refractivity contribution in [3.63, 3.8) is 0 Å². The lowest BCUT2D eigenvalue weighted by Gasteiger charge is -2.18. The summed E-state index contributed by atoms with van der Waals surface area (Å²) in [5.74, 6) is 5.17. The van der Waals surface area contributed by atoms with Gasteiger partial charge in [-0.05, 0) is 20.8 Å². The van der Waals surface area contributed by atoms with Crippen LogP contribution in [0.5, 0.6) is 0 Å². The van der Waals surface area contributed by atoms with Crippen molar-refractivity contribution >= 4 is 0 Å². The van der Waals surface area contributed by atoms with Crippen molar-refractivity contribution in [2.24, 2.45) is 5.84 Å². The second-order valence-electron chi connectivity index (χ2n) is 2.12. The molecule has 3 heteroatoms. The fourth-order valence-electron chi connectivity index (χ4n) is 0.543. The zero-order valence-electron chi connectivity index (χ0n) is 6.35. The molecule has 0 fully saturated rings. The van der Waals surface area contributed by atoms with Crippen molar-refractivity contribution in [1.29, 1.82) is 0 Å². The monoisotopic (exact) mass is 132 g/mol. The van der Waals surface area contributed by atoms with Crippen LogP contribution in [-0.2, 0) is 4.74 Å². The van der Waals surface area contributed by atoms with Crippen LogP contribution in [0.3, 0.4) is 0 Å². The van der Waals surface area contributed by atoms with Gasteiger partial charge < -0.3 is 4.74 Å². The quantitative estimate of drug-likeness (QED) is 0.426.